The summed E-state index contributed by atoms with van der Waals surface area (Å²) in [4.78, 5) is 18.9. The molecule has 2 aromatic heterocycles. The number of ketones is 1. The van der Waals surface area contributed by atoms with Crippen LogP contribution in [-0.2, 0) is 0 Å². The van der Waals surface area contributed by atoms with Gasteiger partial charge in [-0.15, -0.1) is 0 Å². The highest BCUT2D eigenvalue weighted by atomic mass is 16.3. The number of hydrogen-bond acceptors (Lipinski definition) is 4. The Kier molecular flexibility index (Phi) is 2.10. The van der Waals surface area contributed by atoms with Gasteiger partial charge in [0.05, 0.1) is 5.56 Å². The molecule has 0 aliphatic carbocycles. The fourth-order valence-corrected chi connectivity index (χ4v) is 1.06. The molecule has 0 atom stereocenters. The molecule has 0 saturated carbocycles. The van der Waals surface area contributed by atoms with Gasteiger partial charge in [0.2, 0.25) is 5.89 Å². The Morgan fingerprint density at radius 1 is 1.50 bits per heavy atom. The molecule has 0 N–H and O–H groups in total. The van der Waals surface area contributed by atoms with Gasteiger partial charge in [-0.05, 0) is 12.1 Å². The van der Waals surface area contributed by atoms with E-state index in [2.05, 4.69) is 9.97 Å². The fraction of sp³-hybridized carbons (Fsp3) is 0.100. The third kappa shape index (κ3) is 1.54. The van der Waals surface area contributed by atoms with Crippen LogP contribution in [0.25, 0.3) is 11.5 Å². The average molecular weight is 188 g/mol. The van der Waals surface area contributed by atoms with Crippen LogP contribution in [-0.4, -0.2) is 15.8 Å². The van der Waals surface area contributed by atoms with Crippen molar-refractivity contribution in [2.24, 2.45) is 0 Å². The lowest BCUT2D eigenvalue weighted by Crippen LogP contribution is -1.91. The number of carbonyl (C=O) groups excluding carboxylic acids is 1. The van der Waals surface area contributed by atoms with E-state index in [1.807, 2.05) is 6.07 Å². The maximum Gasteiger partial charge on any atom is 0.228 e. The van der Waals surface area contributed by atoms with Crippen molar-refractivity contribution in [2.75, 3.05) is 0 Å². The Balaban J connectivity index is 2.39. The zero-order valence-electron chi connectivity index (χ0n) is 7.60. The Morgan fingerprint density at radius 2 is 2.36 bits per heavy atom. The second-order valence-corrected chi connectivity index (χ2v) is 2.84. The molecule has 2 heterocycles. The topological polar surface area (TPSA) is 56.0 Å². The predicted octanol–water partition coefficient (Wildman–Crippen LogP) is 1.94. The molecule has 4 heteroatoms. The summed E-state index contributed by atoms with van der Waals surface area (Å²) < 4.78 is 5.14. The highest BCUT2D eigenvalue weighted by molar-refractivity contribution is 5.92. The minimum absolute atomic E-state index is 0.108. The lowest BCUT2D eigenvalue weighted by molar-refractivity contribution is 0.101. The monoisotopic (exact) mass is 188 g/mol. The first kappa shape index (κ1) is 8.62. The molecule has 4 nitrogen and oxygen atoms in total. The quantitative estimate of drug-likeness (QED) is 0.676. The van der Waals surface area contributed by atoms with Gasteiger partial charge in [-0.25, -0.2) is 4.98 Å². The molecule has 0 amide bonds. The van der Waals surface area contributed by atoms with E-state index in [0.717, 1.165) is 5.56 Å². The molecule has 14 heavy (non-hydrogen) atoms. The molecule has 0 aromatic carbocycles. The van der Waals surface area contributed by atoms with E-state index in [4.69, 9.17) is 4.42 Å². The highest BCUT2D eigenvalue weighted by Crippen LogP contribution is 2.16. The number of pyridine rings is 1. The fourth-order valence-electron chi connectivity index (χ4n) is 1.06. The van der Waals surface area contributed by atoms with Crippen molar-refractivity contribution in [1.29, 1.82) is 0 Å². The average Bonchev–Trinajstić information content (AvgIpc) is 2.68. The van der Waals surface area contributed by atoms with Crippen molar-refractivity contribution in [3.63, 3.8) is 0 Å². The number of carbonyl (C=O) groups is 1. The van der Waals surface area contributed by atoms with Crippen molar-refractivity contribution in [3.05, 3.63) is 36.5 Å². The summed E-state index contributed by atoms with van der Waals surface area (Å²) in [6, 6.07) is 3.61. The standard InChI is InChI=1S/C10H8N2O2/c1-7(13)9-6-14-10(12-9)8-3-2-4-11-5-8/h2-6H,1H3. The van der Waals surface area contributed by atoms with E-state index >= 15 is 0 Å². The molecular formula is C10H8N2O2. The van der Waals surface area contributed by atoms with Crippen LogP contribution in [0.15, 0.2) is 35.2 Å². The van der Waals surface area contributed by atoms with E-state index < -0.39 is 0 Å². The third-order valence-electron chi connectivity index (χ3n) is 1.77. The first-order valence-electron chi connectivity index (χ1n) is 4.14. The van der Waals surface area contributed by atoms with Crippen LogP contribution in [0, 0.1) is 0 Å². The maximum atomic E-state index is 11.0. The Labute approximate surface area is 80.6 Å². The molecule has 0 fully saturated rings. The molecular weight excluding hydrogens is 180 g/mol. The molecule has 0 aliphatic heterocycles. The van der Waals surface area contributed by atoms with Crippen molar-refractivity contribution in [1.82, 2.24) is 9.97 Å². The van der Waals surface area contributed by atoms with Crippen molar-refractivity contribution >= 4 is 5.78 Å². The van der Waals surface area contributed by atoms with Gasteiger partial charge in [0.25, 0.3) is 0 Å². The largest absolute Gasteiger partial charge is 0.444 e. The van der Waals surface area contributed by atoms with Crippen LogP contribution in [0.1, 0.15) is 17.4 Å². The molecule has 2 rings (SSSR count). The molecule has 0 spiro atoms. The minimum atomic E-state index is -0.108. The number of hydrogen-bond donors (Lipinski definition) is 0. The number of Topliss-reactive ketones (excluding diaryl/α,β-unsaturated/α-hetero) is 1. The number of nitrogens with zero attached hydrogens (tertiary/aromatic N) is 2. The summed E-state index contributed by atoms with van der Waals surface area (Å²) in [7, 11) is 0. The molecule has 0 aliphatic rings. The van der Waals surface area contributed by atoms with Crippen molar-refractivity contribution in [3.8, 4) is 11.5 Å². The van der Waals surface area contributed by atoms with E-state index in [-0.39, 0.29) is 5.78 Å². The van der Waals surface area contributed by atoms with Gasteiger partial charge < -0.3 is 4.42 Å². The summed E-state index contributed by atoms with van der Waals surface area (Å²) in [5.74, 6) is 0.312. The minimum Gasteiger partial charge on any atom is -0.444 e. The van der Waals surface area contributed by atoms with Gasteiger partial charge in [0.15, 0.2) is 5.78 Å². The van der Waals surface area contributed by atoms with Crippen LogP contribution in [0.4, 0.5) is 0 Å². The van der Waals surface area contributed by atoms with Crippen molar-refractivity contribution in [2.45, 2.75) is 6.92 Å². The van der Waals surface area contributed by atoms with Gasteiger partial charge in [0, 0.05) is 19.3 Å². The Bertz CT molecular complexity index is 448. The van der Waals surface area contributed by atoms with Crippen LogP contribution in [0.2, 0.25) is 0 Å². The van der Waals surface area contributed by atoms with Crippen molar-refractivity contribution < 1.29 is 9.21 Å². The van der Waals surface area contributed by atoms with Crippen LogP contribution in [0.3, 0.4) is 0 Å². The Morgan fingerprint density at radius 3 is 2.93 bits per heavy atom. The SMILES string of the molecule is CC(=O)c1coc(-c2cccnc2)n1. The lowest BCUT2D eigenvalue weighted by atomic mass is 10.3. The molecule has 2 aromatic rings. The third-order valence-corrected chi connectivity index (χ3v) is 1.77. The number of rotatable bonds is 2. The smallest absolute Gasteiger partial charge is 0.228 e. The predicted molar refractivity (Wildman–Crippen MR) is 49.7 cm³/mol. The second kappa shape index (κ2) is 3.41. The van der Waals surface area contributed by atoms with E-state index in [0.29, 0.717) is 11.6 Å². The van der Waals surface area contributed by atoms with Crippen LogP contribution < -0.4 is 0 Å². The first-order chi connectivity index (χ1) is 6.77. The molecule has 0 bridgehead atoms. The van der Waals surface area contributed by atoms with Gasteiger partial charge in [-0.2, -0.15) is 0 Å². The van der Waals surface area contributed by atoms with Gasteiger partial charge in [-0.1, -0.05) is 0 Å². The van der Waals surface area contributed by atoms with Gasteiger partial charge in [0.1, 0.15) is 12.0 Å². The van der Waals surface area contributed by atoms with E-state index in [9.17, 15) is 4.79 Å². The summed E-state index contributed by atoms with van der Waals surface area (Å²) in [6.07, 6.45) is 4.65. The van der Waals surface area contributed by atoms with Crippen LogP contribution >= 0.6 is 0 Å². The Hall–Kier alpha value is -1.97. The van der Waals surface area contributed by atoms with E-state index in [1.54, 1.807) is 18.5 Å². The molecule has 70 valence electrons. The molecule has 0 saturated heterocycles. The normalized spacial score (nSPS) is 10.1. The number of aromatic nitrogens is 2. The summed E-state index contributed by atoms with van der Waals surface area (Å²) >= 11 is 0. The zero-order valence-corrected chi connectivity index (χ0v) is 7.60. The van der Waals surface area contributed by atoms with Gasteiger partial charge >= 0.3 is 0 Å². The first-order valence-corrected chi connectivity index (χ1v) is 4.14. The molecule has 0 radical (unpaired) electrons. The summed E-state index contributed by atoms with van der Waals surface area (Å²) in [5, 5.41) is 0. The maximum absolute atomic E-state index is 11.0. The number of oxazole rings is 1. The van der Waals surface area contributed by atoms with Crippen LogP contribution in [0.5, 0.6) is 0 Å². The van der Waals surface area contributed by atoms with Gasteiger partial charge in [-0.3, -0.25) is 9.78 Å². The molecule has 0 unspecified atom stereocenters. The zero-order chi connectivity index (χ0) is 9.97. The highest BCUT2D eigenvalue weighted by Gasteiger charge is 2.08. The van der Waals surface area contributed by atoms with E-state index in [1.165, 1.54) is 13.2 Å². The lowest BCUT2D eigenvalue weighted by Gasteiger charge is -1.90. The summed E-state index contributed by atoms with van der Waals surface area (Å²) in [5.41, 5.74) is 1.10. The second-order valence-electron chi connectivity index (χ2n) is 2.84. The summed E-state index contributed by atoms with van der Waals surface area (Å²) in [6.45, 7) is 1.45.